The Hall–Kier alpha value is -1.66. The summed E-state index contributed by atoms with van der Waals surface area (Å²) in [7, 11) is 0. The van der Waals surface area contributed by atoms with Crippen LogP contribution in [0.4, 0.5) is 0 Å². The minimum atomic E-state index is -1.07. The summed E-state index contributed by atoms with van der Waals surface area (Å²) < 4.78 is 1.62. The largest absolute Gasteiger partial charge is 0.480 e. The molecular weight excluding hydrogens is 232 g/mol. The Kier molecular flexibility index (Phi) is 2.76. The number of nitrogens with zero attached hydrogens (tertiary/aromatic N) is 3. The van der Waals surface area contributed by atoms with Crippen molar-refractivity contribution >= 4 is 23.1 Å². The van der Waals surface area contributed by atoms with Gasteiger partial charge in [0.15, 0.2) is 0 Å². The summed E-state index contributed by atoms with van der Waals surface area (Å²) in [6.45, 7) is 0. The van der Waals surface area contributed by atoms with Gasteiger partial charge in [-0.05, 0) is 11.6 Å². The van der Waals surface area contributed by atoms with E-state index in [9.17, 15) is 4.79 Å². The van der Waals surface area contributed by atoms with Crippen LogP contribution in [0.2, 0.25) is 5.28 Å². The zero-order chi connectivity index (χ0) is 11.7. The molecule has 2 aromatic heterocycles. The van der Waals surface area contributed by atoms with Gasteiger partial charge >= 0.3 is 5.97 Å². The van der Waals surface area contributed by atoms with Crippen molar-refractivity contribution in [2.45, 2.75) is 12.5 Å². The van der Waals surface area contributed by atoms with Crippen molar-refractivity contribution in [3.05, 3.63) is 29.6 Å². The lowest BCUT2D eigenvalue weighted by Gasteiger charge is -2.03. The first-order chi connectivity index (χ1) is 7.59. The van der Waals surface area contributed by atoms with E-state index < -0.39 is 12.0 Å². The van der Waals surface area contributed by atoms with Crippen LogP contribution >= 0.6 is 11.6 Å². The molecule has 2 rings (SSSR count). The average Bonchev–Trinajstić information content (AvgIpc) is 2.57. The van der Waals surface area contributed by atoms with Gasteiger partial charge in [0.1, 0.15) is 6.04 Å². The third-order valence-corrected chi connectivity index (χ3v) is 2.48. The summed E-state index contributed by atoms with van der Waals surface area (Å²) in [5.41, 5.74) is 6.64. The van der Waals surface area contributed by atoms with E-state index in [1.165, 1.54) is 0 Å². The van der Waals surface area contributed by atoms with Crippen LogP contribution < -0.4 is 5.73 Å². The molecule has 0 saturated carbocycles. The molecule has 6 nitrogen and oxygen atoms in total. The molecule has 84 valence electrons. The van der Waals surface area contributed by atoms with Crippen molar-refractivity contribution in [2.24, 2.45) is 5.73 Å². The van der Waals surface area contributed by atoms with E-state index in [0.29, 0.717) is 11.2 Å². The number of imidazole rings is 1. The fourth-order valence-corrected chi connectivity index (χ4v) is 1.65. The fraction of sp³-hybridized carbons (Fsp3) is 0.222. The fourth-order valence-electron chi connectivity index (χ4n) is 1.40. The summed E-state index contributed by atoms with van der Waals surface area (Å²) in [5, 5.41) is 8.98. The van der Waals surface area contributed by atoms with Gasteiger partial charge in [-0.25, -0.2) is 4.98 Å². The second-order valence-corrected chi connectivity index (χ2v) is 3.65. The van der Waals surface area contributed by atoms with E-state index in [4.69, 9.17) is 22.4 Å². The molecular formula is C9H9ClN4O2. The maximum absolute atomic E-state index is 10.6. The van der Waals surface area contributed by atoms with Crippen molar-refractivity contribution in [3.63, 3.8) is 0 Å². The number of halogens is 1. The normalized spacial score (nSPS) is 12.9. The van der Waals surface area contributed by atoms with Crippen molar-refractivity contribution < 1.29 is 9.90 Å². The van der Waals surface area contributed by atoms with Gasteiger partial charge < -0.3 is 10.8 Å². The van der Waals surface area contributed by atoms with E-state index in [1.54, 1.807) is 23.0 Å². The monoisotopic (exact) mass is 240 g/mol. The van der Waals surface area contributed by atoms with Crippen LogP contribution in [-0.2, 0) is 11.2 Å². The van der Waals surface area contributed by atoms with Crippen molar-refractivity contribution in [2.75, 3.05) is 0 Å². The highest BCUT2D eigenvalue weighted by atomic mass is 35.5. The standard InChI is InChI=1S/C9H9ClN4O2/c10-9-13-6(3-5(11)8(15)16)7-4-12-1-2-14(7)9/h1-2,4-5H,3,11H2,(H,15,16). The molecule has 2 heterocycles. The lowest BCUT2D eigenvalue weighted by molar-refractivity contribution is -0.138. The Morgan fingerprint density at radius 1 is 1.69 bits per heavy atom. The third-order valence-electron chi connectivity index (χ3n) is 2.21. The predicted molar refractivity (Wildman–Crippen MR) is 57.3 cm³/mol. The van der Waals surface area contributed by atoms with E-state index in [0.717, 1.165) is 0 Å². The highest BCUT2D eigenvalue weighted by Gasteiger charge is 2.17. The molecule has 0 radical (unpaired) electrons. The second kappa shape index (κ2) is 4.07. The number of aromatic nitrogens is 3. The van der Waals surface area contributed by atoms with Gasteiger partial charge in [-0.3, -0.25) is 14.2 Å². The van der Waals surface area contributed by atoms with Gasteiger partial charge in [0.25, 0.3) is 0 Å². The Morgan fingerprint density at radius 2 is 2.44 bits per heavy atom. The topological polar surface area (TPSA) is 93.5 Å². The molecule has 1 atom stereocenters. The summed E-state index contributed by atoms with van der Waals surface area (Å²) >= 11 is 5.88. The highest BCUT2D eigenvalue weighted by Crippen LogP contribution is 2.16. The number of carbonyl (C=O) groups is 1. The van der Waals surface area contributed by atoms with Gasteiger partial charge in [0, 0.05) is 18.8 Å². The smallest absolute Gasteiger partial charge is 0.320 e. The van der Waals surface area contributed by atoms with Gasteiger partial charge in [0.05, 0.1) is 17.4 Å². The van der Waals surface area contributed by atoms with Crippen molar-refractivity contribution in [1.82, 2.24) is 14.4 Å². The third kappa shape index (κ3) is 1.84. The highest BCUT2D eigenvalue weighted by molar-refractivity contribution is 6.28. The van der Waals surface area contributed by atoms with Crippen molar-refractivity contribution in [3.8, 4) is 0 Å². The first kappa shape index (κ1) is 10.8. The van der Waals surface area contributed by atoms with Crippen LogP contribution in [-0.4, -0.2) is 31.5 Å². The van der Waals surface area contributed by atoms with Gasteiger partial charge in [-0.2, -0.15) is 0 Å². The van der Waals surface area contributed by atoms with Crippen LogP contribution in [0.5, 0.6) is 0 Å². The molecule has 7 heteroatoms. The number of nitrogens with two attached hydrogens (primary N) is 1. The van der Waals surface area contributed by atoms with Crippen LogP contribution in [0.25, 0.3) is 5.52 Å². The van der Waals surface area contributed by atoms with Gasteiger partial charge in [0.2, 0.25) is 5.28 Å². The Labute approximate surface area is 95.7 Å². The number of hydrogen-bond acceptors (Lipinski definition) is 4. The van der Waals surface area contributed by atoms with Crippen LogP contribution in [0, 0.1) is 0 Å². The lowest BCUT2D eigenvalue weighted by Crippen LogP contribution is -2.32. The summed E-state index contributed by atoms with van der Waals surface area (Å²) in [6, 6.07) is -0.991. The quantitative estimate of drug-likeness (QED) is 0.807. The number of rotatable bonds is 3. The minimum absolute atomic E-state index is 0.122. The number of fused-ring (bicyclic) bond motifs is 1. The molecule has 3 N–H and O–H groups in total. The van der Waals surface area contributed by atoms with E-state index >= 15 is 0 Å². The second-order valence-electron chi connectivity index (χ2n) is 3.31. The molecule has 2 aromatic rings. The average molecular weight is 241 g/mol. The predicted octanol–water partition coefficient (Wildman–Crippen LogP) is 0.337. The zero-order valence-corrected chi connectivity index (χ0v) is 8.92. The number of hydrogen-bond donors (Lipinski definition) is 2. The van der Waals surface area contributed by atoms with Gasteiger partial charge in [-0.1, -0.05) is 0 Å². The molecule has 0 bridgehead atoms. The van der Waals surface area contributed by atoms with Crippen LogP contribution in [0.3, 0.4) is 0 Å². The summed E-state index contributed by atoms with van der Waals surface area (Å²) in [4.78, 5) is 18.6. The summed E-state index contributed by atoms with van der Waals surface area (Å²) in [6.07, 6.45) is 4.92. The Bertz CT molecular complexity index is 539. The first-order valence-corrected chi connectivity index (χ1v) is 4.92. The maximum Gasteiger partial charge on any atom is 0.320 e. The van der Waals surface area contributed by atoms with E-state index in [2.05, 4.69) is 9.97 Å². The van der Waals surface area contributed by atoms with Crippen molar-refractivity contribution in [1.29, 1.82) is 0 Å². The SMILES string of the molecule is NC(Cc1nc(Cl)n2ccncc12)C(=O)O. The molecule has 0 aliphatic carbocycles. The zero-order valence-electron chi connectivity index (χ0n) is 8.17. The molecule has 16 heavy (non-hydrogen) atoms. The Morgan fingerprint density at radius 3 is 3.12 bits per heavy atom. The lowest BCUT2D eigenvalue weighted by atomic mass is 10.1. The van der Waals surface area contributed by atoms with E-state index in [1.807, 2.05) is 0 Å². The molecule has 0 fully saturated rings. The molecule has 1 unspecified atom stereocenters. The molecule has 0 aromatic carbocycles. The minimum Gasteiger partial charge on any atom is -0.480 e. The molecule has 0 saturated heterocycles. The molecule has 0 aliphatic heterocycles. The maximum atomic E-state index is 10.6. The molecule has 0 spiro atoms. The van der Waals surface area contributed by atoms with Crippen LogP contribution in [0.1, 0.15) is 5.69 Å². The van der Waals surface area contributed by atoms with Gasteiger partial charge in [-0.15, -0.1) is 0 Å². The molecule has 0 aliphatic rings. The summed E-state index contributed by atoms with van der Waals surface area (Å²) in [5.74, 6) is -1.07. The van der Waals surface area contributed by atoms with Crippen LogP contribution in [0.15, 0.2) is 18.6 Å². The van der Waals surface area contributed by atoms with E-state index in [-0.39, 0.29) is 11.7 Å². The number of aliphatic carboxylic acids is 1. The molecule has 0 amide bonds. The number of carboxylic acids is 1. The number of carboxylic acid groups (broad SMARTS) is 1. The first-order valence-electron chi connectivity index (χ1n) is 4.54. The Balaban J connectivity index is 2.42.